The van der Waals surface area contributed by atoms with E-state index in [9.17, 15) is 13.2 Å². The predicted molar refractivity (Wildman–Crippen MR) is 119 cm³/mol. The number of carbonyl (C=O) groups is 1. The Kier molecular flexibility index (Phi) is 6.51. The SMILES string of the molecule is CC(=O)Nc1ccc(CN2CCCN(S(=O)(=O)c3ccc(-c4ccon4)s3)CC2)cc1. The van der Waals surface area contributed by atoms with Crippen LogP contribution in [0.15, 0.2) is 57.5 Å². The molecule has 0 saturated carbocycles. The number of amides is 1. The number of rotatable bonds is 6. The van der Waals surface area contributed by atoms with Gasteiger partial charge in [-0.1, -0.05) is 17.3 Å². The number of hydrogen-bond donors (Lipinski definition) is 1. The van der Waals surface area contributed by atoms with E-state index in [0.29, 0.717) is 29.5 Å². The smallest absolute Gasteiger partial charge is 0.252 e. The molecule has 4 rings (SSSR count). The minimum Gasteiger partial charge on any atom is -0.364 e. The fourth-order valence-electron chi connectivity index (χ4n) is 3.56. The highest BCUT2D eigenvalue weighted by Gasteiger charge is 2.28. The molecule has 3 aromatic rings. The van der Waals surface area contributed by atoms with E-state index in [1.54, 1.807) is 22.5 Å². The van der Waals surface area contributed by atoms with E-state index in [1.165, 1.54) is 24.5 Å². The van der Waals surface area contributed by atoms with Crippen LogP contribution in [0.25, 0.3) is 10.6 Å². The van der Waals surface area contributed by atoms with Crippen LogP contribution < -0.4 is 5.32 Å². The summed E-state index contributed by atoms with van der Waals surface area (Å²) >= 11 is 1.21. The first kappa shape index (κ1) is 21.7. The Morgan fingerprint density at radius 1 is 1.10 bits per heavy atom. The van der Waals surface area contributed by atoms with Crippen LogP contribution in [0.5, 0.6) is 0 Å². The number of sulfonamides is 1. The second-order valence-electron chi connectivity index (χ2n) is 7.42. The maximum atomic E-state index is 13.2. The second-order valence-corrected chi connectivity index (χ2v) is 10.7. The molecule has 0 aliphatic carbocycles. The van der Waals surface area contributed by atoms with Crippen molar-refractivity contribution in [2.24, 2.45) is 0 Å². The van der Waals surface area contributed by atoms with E-state index < -0.39 is 10.0 Å². The summed E-state index contributed by atoms with van der Waals surface area (Å²) in [6, 6.07) is 12.9. The number of nitrogens with one attached hydrogen (secondary N) is 1. The van der Waals surface area contributed by atoms with Crippen LogP contribution in [0.2, 0.25) is 0 Å². The van der Waals surface area contributed by atoms with Gasteiger partial charge in [0.05, 0.1) is 4.88 Å². The Hall–Kier alpha value is -2.53. The molecular weight excluding hydrogens is 436 g/mol. The van der Waals surface area contributed by atoms with E-state index in [-0.39, 0.29) is 5.91 Å². The number of benzene rings is 1. The van der Waals surface area contributed by atoms with Gasteiger partial charge < -0.3 is 9.84 Å². The van der Waals surface area contributed by atoms with Crippen molar-refractivity contribution < 1.29 is 17.7 Å². The molecule has 8 nitrogen and oxygen atoms in total. The van der Waals surface area contributed by atoms with E-state index in [0.717, 1.165) is 35.6 Å². The molecule has 0 spiro atoms. The van der Waals surface area contributed by atoms with Crippen molar-refractivity contribution in [3.05, 3.63) is 54.3 Å². The average molecular weight is 461 g/mol. The summed E-state index contributed by atoms with van der Waals surface area (Å²) in [5.74, 6) is -0.0968. The Labute approximate surface area is 185 Å². The summed E-state index contributed by atoms with van der Waals surface area (Å²) in [6.45, 7) is 4.66. The highest BCUT2D eigenvalue weighted by atomic mass is 32.2. The molecule has 31 heavy (non-hydrogen) atoms. The lowest BCUT2D eigenvalue weighted by Gasteiger charge is -2.21. The maximum absolute atomic E-state index is 13.2. The summed E-state index contributed by atoms with van der Waals surface area (Å²) in [7, 11) is -3.54. The van der Waals surface area contributed by atoms with Crippen LogP contribution in [0.1, 0.15) is 18.9 Å². The van der Waals surface area contributed by atoms with Crippen LogP contribution in [0.3, 0.4) is 0 Å². The molecule has 10 heteroatoms. The van der Waals surface area contributed by atoms with E-state index in [1.807, 2.05) is 24.3 Å². The van der Waals surface area contributed by atoms with E-state index in [2.05, 4.69) is 15.4 Å². The Morgan fingerprint density at radius 3 is 2.61 bits per heavy atom. The molecule has 0 radical (unpaired) electrons. The third-order valence-electron chi connectivity index (χ3n) is 5.09. The summed E-state index contributed by atoms with van der Waals surface area (Å²) < 4.78 is 33.1. The van der Waals surface area contributed by atoms with Gasteiger partial charge in [0.25, 0.3) is 10.0 Å². The first-order chi connectivity index (χ1) is 14.9. The van der Waals surface area contributed by atoms with Gasteiger partial charge >= 0.3 is 0 Å². The molecule has 1 fully saturated rings. The van der Waals surface area contributed by atoms with Crippen LogP contribution in [-0.4, -0.2) is 54.9 Å². The fraction of sp³-hybridized carbons (Fsp3) is 0.333. The standard InChI is InChI=1S/C21H24N4O4S2/c1-16(26)22-18-5-3-17(4-6-18)15-24-10-2-11-25(13-12-24)31(27,28)21-8-7-20(30-21)19-9-14-29-23-19/h3-9,14H,2,10-13,15H2,1H3,(H,22,26). The van der Waals surface area contributed by atoms with Crippen molar-refractivity contribution in [3.8, 4) is 10.6 Å². The highest BCUT2D eigenvalue weighted by Crippen LogP contribution is 2.31. The zero-order valence-electron chi connectivity index (χ0n) is 17.2. The third-order valence-corrected chi connectivity index (χ3v) is 8.57. The molecule has 0 atom stereocenters. The Balaban J connectivity index is 1.39. The summed E-state index contributed by atoms with van der Waals surface area (Å²) in [5.41, 5.74) is 2.53. The summed E-state index contributed by atoms with van der Waals surface area (Å²) in [5, 5.41) is 6.64. The molecule has 1 aromatic carbocycles. The van der Waals surface area contributed by atoms with Gasteiger partial charge in [0.15, 0.2) is 0 Å². The highest BCUT2D eigenvalue weighted by molar-refractivity contribution is 7.91. The molecule has 0 bridgehead atoms. The summed E-state index contributed by atoms with van der Waals surface area (Å²) in [6.07, 6.45) is 2.24. The number of nitrogens with zero attached hydrogens (tertiary/aromatic N) is 3. The fourth-order valence-corrected chi connectivity index (χ4v) is 6.46. The molecule has 3 heterocycles. The van der Waals surface area contributed by atoms with Crippen molar-refractivity contribution in [1.29, 1.82) is 0 Å². The largest absolute Gasteiger partial charge is 0.364 e. The second kappa shape index (κ2) is 9.31. The molecule has 1 aliphatic heterocycles. The molecule has 1 aliphatic rings. The lowest BCUT2D eigenvalue weighted by molar-refractivity contribution is -0.114. The van der Waals surface area contributed by atoms with Gasteiger partial charge in [-0.05, 0) is 42.8 Å². The van der Waals surface area contributed by atoms with Crippen LogP contribution in [0.4, 0.5) is 5.69 Å². The van der Waals surface area contributed by atoms with Crippen LogP contribution in [0, 0.1) is 0 Å². The number of aromatic nitrogens is 1. The third kappa shape index (κ3) is 5.21. The zero-order valence-corrected chi connectivity index (χ0v) is 18.8. The average Bonchev–Trinajstić information content (AvgIpc) is 3.38. The van der Waals surface area contributed by atoms with Crippen LogP contribution >= 0.6 is 11.3 Å². The Bertz CT molecular complexity index is 1120. The lowest BCUT2D eigenvalue weighted by atomic mass is 10.2. The van der Waals surface area contributed by atoms with Crippen molar-refractivity contribution in [2.45, 2.75) is 24.1 Å². The van der Waals surface area contributed by atoms with Crippen molar-refractivity contribution in [1.82, 2.24) is 14.4 Å². The first-order valence-electron chi connectivity index (χ1n) is 10.0. The maximum Gasteiger partial charge on any atom is 0.252 e. The quantitative estimate of drug-likeness (QED) is 0.607. The first-order valence-corrected chi connectivity index (χ1v) is 12.3. The zero-order chi connectivity index (χ0) is 21.8. The monoisotopic (exact) mass is 460 g/mol. The molecule has 1 amide bonds. The van der Waals surface area contributed by atoms with Gasteiger partial charge in [-0.3, -0.25) is 9.69 Å². The van der Waals surface area contributed by atoms with Gasteiger partial charge in [-0.2, -0.15) is 4.31 Å². The molecule has 1 N–H and O–H groups in total. The molecular formula is C21H24N4O4S2. The minimum absolute atomic E-state index is 0.0968. The van der Waals surface area contributed by atoms with Crippen molar-refractivity contribution >= 4 is 33.0 Å². The van der Waals surface area contributed by atoms with Gasteiger partial charge in [0.2, 0.25) is 5.91 Å². The van der Waals surface area contributed by atoms with Gasteiger partial charge in [-0.15, -0.1) is 11.3 Å². The molecule has 2 aromatic heterocycles. The van der Waals surface area contributed by atoms with Gasteiger partial charge in [0.1, 0.15) is 16.2 Å². The number of carbonyl (C=O) groups excluding carboxylic acids is 1. The topological polar surface area (TPSA) is 95.8 Å². The molecule has 0 unspecified atom stereocenters. The summed E-state index contributed by atoms with van der Waals surface area (Å²) in [4.78, 5) is 14.2. The van der Waals surface area contributed by atoms with Crippen LogP contribution in [-0.2, 0) is 21.4 Å². The normalized spacial score (nSPS) is 16.2. The molecule has 164 valence electrons. The van der Waals surface area contributed by atoms with Crippen molar-refractivity contribution in [2.75, 3.05) is 31.5 Å². The van der Waals surface area contributed by atoms with Gasteiger partial charge in [-0.25, -0.2) is 8.42 Å². The lowest BCUT2D eigenvalue weighted by Crippen LogP contribution is -2.34. The van der Waals surface area contributed by atoms with Gasteiger partial charge in [0, 0.05) is 44.9 Å². The van der Waals surface area contributed by atoms with Crippen molar-refractivity contribution in [3.63, 3.8) is 0 Å². The molecule has 1 saturated heterocycles. The Morgan fingerprint density at radius 2 is 1.90 bits per heavy atom. The predicted octanol–water partition coefficient (Wildman–Crippen LogP) is 3.26. The number of hydrogen-bond acceptors (Lipinski definition) is 7. The number of thiophene rings is 1. The van der Waals surface area contributed by atoms with E-state index >= 15 is 0 Å². The number of anilines is 1. The van der Waals surface area contributed by atoms with E-state index in [4.69, 9.17) is 4.52 Å². The minimum atomic E-state index is -3.54.